The van der Waals surface area contributed by atoms with Gasteiger partial charge in [-0.2, -0.15) is 5.10 Å². The number of aromatic nitrogens is 2. The Hall–Kier alpha value is -2.61. The molecule has 31 heavy (non-hydrogen) atoms. The fraction of sp³-hybridized carbons (Fsp3) is 0.609. The minimum absolute atomic E-state index is 0.223. The van der Waals surface area contributed by atoms with E-state index < -0.39 is 5.60 Å². The third-order valence-corrected chi connectivity index (χ3v) is 5.48. The van der Waals surface area contributed by atoms with Gasteiger partial charge < -0.3 is 14.4 Å². The van der Waals surface area contributed by atoms with E-state index in [0.717, 1.165) is 55.6 Å². The van der Waals surface area contributed by atoms with Gasteiger partial charge >= 0.3 is 12.1 Å². The molecule has 3 rings (SSSR count). The first-order chi connectivity index (χ1) is 14.7. The molecule has 2 heterocycles. The Morgan fingerprint density at radius 3 is 2.39 bits per heavy atom. The number of hydrogen-bond donors (Lipinski definition) is 0. The van der Waals surface area contributed by atoms with Crippen molar-refractivity contribution in [3.05, 3.63) is 29.5 Å². The number of carbonyl (C=O) groups excluding carboxylic acids is 2. The lowest BCUT2D eigenvalue weighted by atomic mass is 10.1. The highest BCUT2D eigenvalue weighted by molar-refractivity contribution is 5.95. The van der Waals surface area contributed by atoms with Crippen LogP contribution in [0.3, 0.4) is 0 Å². The molecule has 0 atom stereocenters. The molecule has 0 aliphatic carbocycles. The molecule has 2 aromatic rings. The van der Waals surface area contributed by atoms with Crippen molar-refractivity contribution in [2.24, 2.45) is 0 Å². The van der Waals surface area contributed by atoms with Crippen LogP contribution >= 0.6 is 0 Å². The predicted molar refractivity (Wildman–Crippen MR) is 119 cm³/mol. The zero-order chi connectivity index (χ0) is 22.6. The lowest BCUT2D eigenvalue weighted by Gasteiger charge is -2.35. The summed E-state index contributed by atoms with van der Waals surface area (Å²) >= 11 is 0. The van der Waals surface area contributed by atoms with Crippen molar-refractivity contribution in [2.75, 3.05) is 39.8 Å². The topological polar surface area (TPSA) is 76.9 Å². The van der Waals surface area contributed by atoms with E-state index in [-0.39, 0.29) is 12.1 Å². The predicted octanol–water partition coefficient (Wildman–Crippen LogP) is 3.46. The van der Waals surface area contributed by atoms with Crippen LogP contribution in [0.25, 0.3) is 10.9 Å². The first kappa shape index (κ1) is 23.1. The molecule has 0 unspecified atom stereocenters. The molecule has 0 saturated carbocycles. The summed E-state index contributed by atoms with van der Waals surface area (Å²) in [6, 6.07) is 5.58. The molecule has 1 amide bonds. The summed E-state index contributed by atoms with van der Waals surface area (Å²) in [4.78, 5) is 28.2. The van der Waals surface area contributed by atoms with Crippen LogP contribution in [0, 0.1) is 6.92 Å². The van der Waals surface area contributed by atoms with Crippen LogP contribution in [-0.4, -0.2) is 77.1 Å². The van der Waals surface area contributed by atoms with Gasteiger partial charge in [0, 0.05) is 38.1 Å². The van der Waals surface area contributed by atoms with Gasteiger partial charge in [0.25, 0.3) is 0 Å². The van der Waals surface area contributed by atoms with Crippen molar-refractivity contribution in [2.45, 2.75) is 52.7 Å². The maximum atomic E-state index is 12.2. The Balaban J connectivity index is 1.47. The maximum absolute atomic E-state index is 12.2. The van der Waals surface area contributed by atoms with E-state index in [1.165, 1.54) is 7.11 Å². The largest absolute Gasteiger partial charge is 0.465 e. The normalized spacial score (nSPS) is 15.3. The summed E-state index contributed by atoms with van der Waals surface area (Å²) in [7, 11) is 1.39. The lowest BCUT2D eigenvalue weighted by Crippen LogP contribution is -2.50. The van der Waals surface area contributed by atoms with Gasteiger partial charge in [-0.3, -0.25) is 9.58 Å². The molecule has 8 heteroatoms. The minimum atomic E-state index is -0.457. The van der Waals surface area contributed by atoms with Crippen LogP contribution in [0.15, 0.2) is 18.2 Å². The Morgan fingerprint density at radius 2 is 1.74 bits per heavy atom. The fourth-order valence-corrected chi connectivity index (χ4v) is 3.83. The number of esters is 1. The Labute approximate surface area is 184 Å². The Morgan fingerprint density at radius 1 is 1.06 bits per heavy atom. The minimum Gasteiger partial charge on any atom is -0.465 e. The number of benzene rings is 1. The number of ether oxygens (including phenoxy) is 2. The average molecular weight is 431 g/mol. The summed E-state index contributed by atoms with van der Waals surface area (Å²) in [6.07, 6.45) is 1.81. The molecule has 1 aromatic heterocycles. The Kier molecular flexibility index (Phi) is 7.20. The summed E-state index contributed by atoms with van der Waals surface area (Å²) in [5.41, 5.74) is 2.01. The molecular formula is C23H34N4O4. The zero-order valence-corrected chi connectivity index (χ0v) is 19.3. The second-order valence-corrected chi connectivity index (χ2v) is 9.05. The molecule has 1 aliphatic rings. The van der Waals surface area contributed by atoms with E-state index in [2.05, 4.69) is 10.00 Å². The van der Waals surface area contributed by atoms with Crippen LogP contribution in [0.1, 0.15) is 49.7 Å². The van der Waals surface area contributed by atoms with Crippen LogP contribution in [-0.2, 0) is 16.0 Å². The zero-order valence-electron chi connectivity index (χ0n) is 19.3. The molecule has 1 aromatic carbocycles. The molecular weight excluding hydrogens is 396 g/mol. The van der Waals surface area contributed by atoms with Crippen LogP contribution in [0.2, 0.25) is 0 Å². The first-order valence-electron chi connectivity index (χ1n) is 10.9. The molecule has 1 aliphatic heterocycles. The number of unbranched alkanes of at least 4 members (excludes halogenated alkanes) is 1. The monoisotopic (exact) mass is 430 g/mol. The summed E-state index contributed by atoms with van der Waals surface area (Å²) < 4.78 is 12.3. The van der Waals surface area contributed by atoms with Gasteiger partial charge in [-0.25, -0.2) is 9.59 Å². The van der Waals surface area contributed by atoms with Gasteiger partial charge in [-0.05, 0) is 59.2 Å². The number of methoxy groups -OCH3 is 1. The fourth-order valence-electron chi connectivity index (χ4n) is 3.83. The van der Waals surface area contributed by atoms with Gasteiger partial charge in [-0.15, -0.1) is 0 Å². The number of aryl methyl sites for hydroxylation is 2. The van der Waals surface area contributed by atoms with E-state index in [9.17, 15) is 9.59 Å². The van der Waals surface area contributed by atoms with Crippen molar-refractivity contribution < 1.29 is 19.1 Å². The van der Waals surface area contributed by atoms with Crippen molar-refractivity contribution in [3.63, 3.8) is 0 Å². The third kappa shape index (κ3) is 5.97. The molecule has 0 radical (unpaired) electrons. The van der Waals surface area contributed by atoms with E-state index in [4.69, 9.17) is 9.47 Å². The summed E-state index contributed by atoms with van der Waals surface area (Å²) in [5.74, 6) is -0.335. The van der Waals surface area contributed by atoms with Crippen molar-refractivity contribution in [1.29, 1.82) is 0 Å². The highest BCUT2D eigenvalue weighted by Gasteiger charge is 2.25. The first-order valence-corrected chi connectivity index (χ1v) is 10.9. The summed E-state index contributed by atoms with van der Waals surface area (Å²) in [6.45, 7) is 12.6. The average Bonchev–Trinajstić information content (AvgIpc) is 3.04. The highest BCUT2D eigenvalue weighted by atomic mass is 16.6. The van der Waals surface area contributed by atoms with Crippen LogP contribution in [0.5, 0.6) is 0 Å². The van der Waals surface area contributed by atoms with Gasteiger partial charge in [0.05, 0.1) is 23.9 Å². The SMILES string of the molecule is COC(=O)c1ccc2c(C)nn(CCCCN3CCN(C(=O)OC(C)(C)C)CC3)c2c1. The smallest absolute Gasteiger partial charge is 0.410 e. The van der Waals surface area contributed by atoms with E-state index in [1.54, 1.807) is 11.0 Å². The number of nitrogens with zero attached hydrogens (tertiary/aromatic N) is 4. The van der Waals surface area contributed by atoms with E-state index in [0.29, 0.717) is 18.7 Å². The molecule has 1 saturated heterocycles. The number of piperazine rings is 1. The highest BCUT2D eigenvalue weighted by Crippen LogP contribution is 2.21. The second kappa shape index (κ2) is 9.68. The maximum Gasteiger partial charge on any atom is 0.410 e. The Bertz CT molecular complexity index is 924. The number of fused-ring (bicyclic) bond motifs is 1. The third-order valence-electron chi connectivity index (χ3n) is 5.48. The molecule has 8 nitrogen and oxygen atoms in total. The molecule has 0 spiro atoms. The van der Waals surface area contributed by atoms with Gasteiger partial charge in [0.1, 0.15) is 5.60 Å². The van der Waals surface area contributed by atoms with Crippen molar-refractivity contribution in [3.8, 4) is 0 Å². The molecule has 170 valence electrons. The van der Waals surface area contributed by atoms with Gasteiger partial charge in [-0.1, -0.05) is 6.07 Å². The van der Waals surface area contributed by atoms with Crippen LogP contribution in [0.4, 0.5) is 4.79 Å². The van der Waals surface area contributed by atoms with Crippen molar-refractivity contribution >= 4 is 23.0 Å². The number of carbonyl (C=O) groups is 2. The molecule has 0 bridgehead atoms. The number of amides is 1. The summed E-state index contributed by atoms with van der Waals surface area (Å²) in [5, 5.41) is 5.71. The van der Waals surface area contributed by atoms with Crippen LogP contribution < -0.4 is 0 Å². The standard InChI is InChI=1S/C23H34N4O4/c1-17-19-9-8-18(21(28)30-5)16-20(19)27(24-17)11-7-6-10-25-12-14-26(15-13-25)22(29)31-23(2,3)4/h8-9,16H,6-7,10-15H2,1-5H3. The van der Waals surface area contributed by atoms with Gasteiger partial charge in [0.15, 0.2) is 0 Å². The van der Waals surface area contributed by atoms with E-state index >= 15 is 0 Å². The number of hydrogen-bond acceptors (Lipinski definition) is 6. The van der Waals surface area contributed by atoms with Gasteiger partial charge in [0.2, 0.25) is 0 Å². The lowest BCUT2D eigenvalue weighted by molar-refractivity contribution is 0.0144. The molecule has 0 N–H and O–H groups in total. The van der Waals surface area contributed by atoms with E-state index in [1.807, 2.05) is 44.5 Å². The second-order valence-electron chi connectivity index (χ2n) is 9.05. The molecule has 1 fully saturated rings. The quantitative estimate of drug-likeness (QED) is 0.516. The van der Waals surface area contributed by atoms with Crippen molar-refractivity contribution in [1.82, 2.24) is 19.6 Å². The number of rotatable bonds is 6.